The van der Waals surface area contributed by atoms with E-state index in [1.165, 1.54) is 16.8 Å². The topological polar surface area (TPSA) is 77.1 Å². The average molecular weight is 329 g/mol. The Hall–Kier alpha value is -2.96. The second kappa shape index (κ2) is 6.27. The summed E-state index contributed by atoms with van der Waals surface area (Å²) < 4.78 is 20.3. The van der Waals surface area contributed by atoms with Crippen LogP contribution in [0.15, 0.2) is 39.5 Å². The minimum Gasteiger partial charge on any atom is -0.465 e. The van der Waals surface area contributed by atoms with Gasteiger partial charge in [0.1, 0.15) is 17.3 Å². The first-order valence-corrected chi connectivity index (χ1v) is 7.53. The number of rotatable bonds is 4. The van der Waals surface area contributed by atoms with E-state index in [0.717, 1.165) is 11.8 Å². The number of fused-ring (bicyclic) bond motifs is 1. The molecule has 2 aromatic heterocycles. The van der Waals surface area contributed by atoms with Crippen LogP contribution in [0.1, 0.15) is 28.9 Å². The second-order valence-electron chi connectivity index (χ2n) is 5.35. The standard InChI is InChI=1S/C17H16FN3O3/c1-3-21-14-7-5-11(18)8-13(14)16(22)15(20-21)17(23)19-9-12-6-4-10(2)24-12/h4-8H,3,9H2,1-2H3,(H,19,23). The summed E-state index contributed by atoms with van der Waals surface area (Å²) in [5.74, 6) is 0.142. The fourth-order valence-corrected chi connectivity index (χ4v) is 2.48. The van der Waals surface area contributed by atoms with E-state index in [2.05, 4.69) is 10.4 Å². The van der Waals surface area contributed by atoms with Gasteiger partial charge >= 0.3 is 0 Å². The van der Waals surface area contributed by atoms with Gasteiger partial charge in [0, 0.05) is 6.54 Å². The number of hydrogen-bond acceptors (Lipinski definition) is 4. The van der Waals surface area contributed by atoms with Crippen LogP contribution in [0.25, 0.3) is 10.9 Å². The fraction of sp³-hybridized carbons (Fsp3) is 0.235. The molecule has 1 N–H and O–H groups in total. The lowest BCUT2D eigenvalue weighted by Gasteiger charge is -2.10. The number of carbonyl (C=O) groups excluding carboxylic acids is 1. The Kier molecular flexibility index (Phi) is 4.16. The maximum Gasteiger partial charge on any atom is 0.276 e. The molecule has 0 radical (unpaired) electrons. The van der Waals surface area contributed by atoms with E-state index in [-0.39, 0.29) is 17.6 Å². The number of aryl methyl sites for hydroxylation is 2. The van der Waals surface area contributed by atoms with Gasteiger partial charge in [0.2, 0.25) is 5.43 Å². The number of halogens is 1. The lowest BCUT2D eigenvalue weighted by Crippen LogP contribution is -2.31. The normalized spacial score (nSPS) is 11.0. The number of carbonyl (C=O) groups is 1. The summed E-state index contributed by atoms with van der Waals surface area (Å²) in [6.07, 6.45) is 0. The molecule has 1 amide bonds. The molecule has 124 valence electrons. The number of benzene rings is 1. The minimum absolute atomic E-state index is 0.130. The fourth-order valence-electron chi connectivity index (χ4n) is 2.48. The third-order valence-electron chi connectivity index (χ3n) is 3.65. The van der Waals surface area contributed by atoms with Gasteiger partial charge in [-0.1, -0.05) is 0 Å². The van der Waals surface area contributed by atoms with Gasteiger partial charge in [-0.3, -0.25) is 14.3 Å². The molecule has 1 aromatic carbocycles. The molecule has 0 saturated heterocycles. The summed E-state index contributed by atoms with van der Waals surface area (Å²) in [5, 5.41) is 6.83. The highest BCUT2D eigenvalue weighted by Gasteiger charge is 2.17. The van der Waals surface area contributed by atoms with Crippen molar-refractivity contribution in [3.05, 3.63) is 63.6 Å². The third kappa shape index (κ3) is 2.92. The predicted molar refractivity (Wildman–Crippen MR) is 86.3 cm³/mol. The van der Waals surface area contributed by atoms with Crippen molar-refractivity contribution >= 4 is 16.8 Å². The summed E-state index contributed by atoms with van der Waals surface area (Å²) in [4.78, 5) is 24.8. The van der Waals surface area contributed by atoms with Crippen molar-refractivity contribution in [2.45, 2.75) is 26.9 Å². The van der Waals surface area contributed by atoms with Gasteiger partial charge in [-0.2, -0.15) is 5.10 Å². The largest absolute Gasteiger partial charge is 0.465 e. The first-order chi connectivity index (χ1) is 11.5. The van der Waals surface area contributed by atoms with Crippen molar-refractivity contribution in [2.24, 2.45) is 0 Å². The molecule has 6 nitrogen and oxygen atoms in total. The van der Waals surface area contributed by atoms with Crippen LogP contribution in [0.5, 0.6) is 0 Å². The van der Waals surface area contributed by atoms with Crippen LogP contribution < -0.4 is 10.7 Å². The van der Waals surface area contributed by atoms with Gasteiger partial charge in [-0.05, 0) is 44.2 Å². The zero-order valence-corrected chi connectivity index (χ0v) is 13.3. The number of nitrogens with zero attached hydrogens (tertiary/aromatic N) is 2. The van der Waals surface area contributed by atoms with E-state index in [4.69, 9.17) is 4.42 Å². The average Bonchev–Trinajstić information content (AvgIpc) is 2.99. The van der Waals surface area contributed by atoms with E-state index >= 15 is 0 Å². The molecule has 2 heterocycles. The Bertz CT molecular complexity index is 975. The molecule has 0 aliphatic heterocycles. The zero-order valence-electron chi connectivity index (χ0n) is 13.3. The molecule has 3 aromatic rings. The lowest BCUT2D eigenvalue weighted by atomic mass is 10.2. The number of amides is 1. The van der Waals surface area contributed by atoms with Crippen LogP contribution in [-0.4, -0.2) is 15.7 Å². The molecule has 24 heavy (non-hydrogen) atoms. The van der Waals surface area contributed by atoms with Crippen LogP contribution >= 0.6 is 0 Å². The second-order valence-corrected chi connectivity index (χ2v) is 5.35. The zero-order chi connectivity index (χ0) is 17.3. The number of hydrogen-bond donors (Lipinski definition) is 1. The van der Waals surface area contributed by atoms with Crippen LogP contribution in [0, 0.1) is 12.7 Å². The molecule has 0 unspecified atom stereocenters. The summed E-state index contributed by atoms with van der Waals surface area (Å²) in [6, 6.07) is 7.38. The molecular formula is C17H16FN3O3. The summed E-state index contributed by atoms with van der Waals surface area (Å²) in [5.41, 5.74) is -0.373. The van der Waals surface area contributed by atoms with Crippen molar-refractivity contribution in [1.82, 2.24) is 15.1 Å². The first-order valence-electron chi connectivity index (χ1n) is 7.53. The molecule has 0 spiro atoms. The van der Waals surface area contributed by atoms with Crippen LogP contribution in [-0.2, 0) is 13.1 Å². The van der Waals surface area contributed by atoms with Crippen molar-refractivity contribution in [2.75, 3.05) is 0 Å². The van der Waals surface area contributed by atoms with E-state index in [1.807, 2.05) is 6.92 Å². The summed E-state index contributed by atoms with van der Waals surface area (Å²) in [6.45, 7) is 4.21. The quantitative estimate of drug-likeness (QED) is 0.797. The van der Waals surface area contributed by atoms with E-state index in [1.54, 1.807) is 19.1 Å². The smallest absolute Gasteiger partial charge is 0.276 e. The Morgan fingerprint density at radius 3 is 2.79 bits per heavy atom. The Morgan fingerprint density at radius 2 is 2.12 bits per heavy atom. The molecule has 0 atom stereocenters. The van der Waals surface area contributed by atoms with Gasteiger partial charge in [0.25, 0.3) is 5.91 Å². The minimum atomic E-state index is -0.623. The molecule has 0 saturated carbocycles. The van der Waals surface area contributed by atoms with Gasteiger partial charge in [-0.25, -0.2) is 4.39 Å². The molecule has 0 aliphatic rings. The molecule has 0 bridgehead atoms. The van der Waals surface area contributed by atoms with Crippen LogP contribution in [0.2, 0.25) is 0 Å². The monoisotopic (exact) mass is 329 g/mol. The highest BCUT2D eigenvalue weighted by molar-refractivity contribution is 5.95. The Balaban J connectivity index is 1.97. The molecular weight excluding hydrogens is 313 g/mol. The van der Waals surface area contributed by atoms with Crippen LogP contribution in [0.3, 0.4) is 0 Å². The SMILES string of the molecule is CCn1nc(C(=O)NCc2ccc(C)o2)c(=O)c2cc(F)ccc21. The molecule has 3 rings (SSSR count). The van der Waals surface area contributed by atoms with E-state index in [0.29, 0.717) is 17.8 Å². The highest BCUT2D eigenvalue weighted by Crippen LogP contribution is 2.12. The van der Waals surface area contributed by atoms with Crippen LogP contribution in [0.4, 0.5) is 4.39 Å². The Morgan fingerprint density at radius 1 is 1.33 bits per heavy atom. The van der Waals surface area contributed by atoms with Gasteiger partial charge in [0.15, 0.2) is 5.69 Å². The highest BCUT2D eigenvalue weighted by atomic mass is 19.1. The predicted octanol–water partition coefficient (Wildman–Crippen LogP) is 2.39. The van der Waals surface area contributed by atoms with Gasteiger partial charge in [0.05, 0.1) is 17.4 Å². The first kappa shape index (κ1) is 15.9. The molecule has 0 aliphatic carbocycles. The third-order valence-corrected chi connectivity index (χ3v) is 3.65. The molecule has 0 fully saturated rings. The lowest BCUT2D eigenvalue weighted by molar-refractivity contribution is 0.0939. The van der Waals surface area contributed by atoms with Crippen molar-refractivity contribution in [3.63, 3.8) is 0 Å². The van der Waals surface area contributed by atoms with Gasteiger partial charge in [-0.15, -0.1) is 0 Å². The van der Waals surface area contributed by atoms with Gasteiger partial charge < -0.3 is 9.73 Å². The maximum atomic E-state index is 13.5. The van der Waals surface area contributed by atoms with E-state index in [9.17, 15) is 14.0 Å². The van der Waals surface area contributed by atoms with E-state index < -0.39 is 17.2 Å². The summed E-state index contributed by atoms with van der Waals surface area (Å²) >= 11 is 0. The summed E-state index contributed by atoms with van der Waals surface area (Å²) in [7, 11) is 0. The molecule has 7 heteroatoms. The van der Waals surface area contributed by atoms with Crippen molar-refractivity contribution in [3.8, 4) is 0 Å². The Labute approximate surface area is 136 Å². The maximum absolute atomic E-state index is 13.5. The van der Waals surface area contributed by atoms with Crippen molar-refractivity contribution in [1.29, 1.82) is 0 Å². The number of aromatic nitrogens is 2. The number of nitrogens with one attached hydrogen (secondary N) is 1. The van der Waals surface area contributed by atoms with Crippen molar-refractivity contribution < 1.29 is 13.6 Å². The number of furan rings is 1.